The molecule has 0 bridgehead atoms. The molecule has 3 aromatic carbocycles. The summed E-state index contributed by atoms with van der Waals surface area (Å²) in [5.41, 5.74) is 9.52. The van der Waals surface area contributed by atoms with Crippen LogP contribution >= 0.6 is 11.6 Å². The highest BCUT2D eigenvalue weighted by Gasteiger charge is 2.20. The van der Waals surface area contributed by atoms with Crippen molar-refractivity contribution in [3.63, 3.8) is 0 Å². The second-order valence-electron chi connectivity index (χ2n) is 7.27. The smallest absolute Gasteiger partial charge is 0.257 e. The third kappa shape index (κ3) is 6.09. The average Bonchev–Trinajstić information content (AvgIpc) is 2.76. The van der Waals surface area contributed by atoms with E-state index in [1.165, 1.54) is 5.56 Å². The fraction of sp³-hybridized carbons (Fsp3) is 0.240. The summed E-state index contributed by atoms with van der Waals surface area (Å²) in [5, 5.41) is 0.675. The lowest BCUT2D eigenvalue weighted by Gasteiger charge is -2.24. The number of nitrogens with zero attached hydrogens (tertiary/aromatic N) is 1. The fourth-order valence-corrected chi connectivity index (χ4v) is 3.37. The van der Waals surface area contributed by atoms with Crippen molar-refractivity contribution < 1.29 is 9.53 Å². The van der Waals surface area contributed by atoms with Gasteiger partial charge in [0.2, 0.25) is 0 Å². The maximum atomic E-state index is 13.4. The van der Waals surface area contributed by atoms with Crippen LogP contribution in [0.15, 0.2) is 72.8 Å². The lowest BCUT2D eigenvalue weighted by molar-refractivity contribution is 0.0737. The summed E-state index contributed by atoms with van der Waals surface area (Å²) in [7, 11) is 0. The number of aryl methyl sites for hydroxylation is 1. The molecular weight excluding hydrogens is 396 g/mol. The van der Waals surface area contributed by atoms with Crippen LogP contribution in [0.5, 0.6) is 5.75 Å². The molecule has 0 saturated heterocycles. The molecule has 0 aliphatic carbocycles. The van der Waals surface area contributed by atoms with Crippen LogP contribution in [0.1, 0.15) is 33.5 Å². The first-order valence-electron chi connectivity index (χ1n) is 10.1. The van der Waals surface area contributed by atoms with E-state index >= 15 is 0 Å². The molecule has 0 saturated carbocycles. The Morgan fingerprint density at radius 1 is 1.00 bits per heavy atom. The Morgan fingerprint density at radius 3 is 2.50 bits per heavy atom. The molecule has 3 aromatic rings. The SMILES string of the molecule is Cc1cccc(COc2ccccc2C(=O)N(CCCN)Cc2ccc(Cl)cc2)c1. The zero-order chi connectivity index (χ0) is 21.3. The number of amides is 1. The molecule has 3 rings (SSSR count). The van der Waals surface area contributed by atoms with Crippen molar-refractivity contribution in [3.8, 4) is 5.75 Å². The second kappa shape index (κ2) is 10.8. The van der Waals surface area contributed by atoms with Gasteiger partial charge in [0, 0.05) is 18.1 Å². The van der Waals surface area contributed by atoms with Crippen LogP contribution in [0.25, 0.3) is 0 Å². The first kappa shape index (κ1) is 21.9. The number of ether oxygens (including phenoxy) is 1. The monoisotopic (exact) mass is 422 g/mol. The van der Waals surface area contributed by atoms with Gasteiger partial charge in [0.05, 0.1) is 5.56 Å². The van der Waals surface area contributed by atoms with Crippen LogP contribution < -0.4 is 10.5 Å². The molecule has 30 heavy (non-hydrogen) atoms. The fourth-order valence-electron chi connectivity index (χ4n) is 3.25. The summed E-state index contributed by atoms with van der Waals surface area (Å²) in [6.45, 7) is 4.04. The van der Waals surface area contributed by atoms with Gasteiger partial charge >= 0.3 is 0 Å². The highest BCUT2D eigenvalue weighted by Crippen LogP contribution is 2.23. The number of hydrogen-bond donors (Lipinski definition) is 1. The van der Waals surface area contributed by atoms with Gasteiger partial charge in [-0.15, -0.1) is 0 Å². The molecule has 0 spiro atoms. The number of para-hydroxylation sites is 1. The van der Waals surface area contributed by atoms with Gasteiger partial charge in [-0.05, 0) is 55.3 Å². The van der Waals surface area contributed by atoms with Crippen LogP contribution in [0.3, 0.4) is 0 Å². The van der Waals surface area contributed by atoms with Crippen LogP contribution in [0.2, 0.25) is 5.02 Å². The van der Waals surface area contributed by atoms with Gasteiger partial charge in [-0.1, -0.05) is 65.7 Å². The summed E-state index contributed by atoms with van der Waals surface area (Å²) in [6, 6.07) is 23.1. The number of rotatable bonds is 9. The number of carbonyl (C=O) groups is 1. The molecule has 1 amide bonds. The molecule has 2 N–H and O–H groups in total. The molecular formula is C25H27ClN2O2. The van der Waals surface area contributed by atoms with Crippen LogP contribution in [-0.4, -0.2) is 23.9 Å². The summed E-state index contributed by atoms with van der Waals surface area (Å²) in [5.74, 6) is 0.510. The normalized spacial score (nSPS) is 10.6. The number of benzene rings is 3. The Kier molecular flexibility index (Phi) is 7.89. The van der Waals surface area contributed by atoms with Gasteiger partial charge in [0.15, 0.2) is 0 Å². The minimum Gasteiger partial charge on any atom is -0.488 e. The van der Waals surface area contributed by atoms with Crippen molar-refractivity contribution >= 4 is 17.5 Å². The standard InChI is InChI=1S/C25H27ClN2O2/c1-19-6-4-7-21(16-19)18-30-24-9-3-2-8-23(24)25(29)28(15-5-14-27)17-20-10-12-22(26)13-11-20/h2-4,6-13,16H,5,14-15,17-18,27H2,1H3. The largest absolute Gasteiger partial charge is 0.488 e. The Hall–Kier alpha value is -2.82. The Morgan fingerprint density at radius 2 is 1.77 bits per heavy atom. The van der Waals surface area contributed by atoms with Crippen molar-refractivity contribution in [1.82, 2.24) is 4.90 Å². The molecule has 0 heterocycles. The van der Waals surface area contributed by atoms with Crippen molar-refractivity contribution in [1.29, 1.82) is 0 Å². The van der Waals surface area contributed by atoms with Crippen molar-refractivity contribution in [3.05, 3.63) is 100 Å². The third-order valence-electron chi connectivity index (χ3n) is 4.80. The molecule has 0 aliphatic heterocycles. The molecule has 5 heteroatoms. The molecule has 4 nitrogen and oxygen atoms in total. The highest BCUT2D eigenvalue weighted by atomic mass is 35.5. The first-order chi connectivity index (χ1) is 14.6. The third-order valence-corrected chi connectivity index (χ3v) is 5.05. The molecule has 0 unspecified atom stereocenters. The van der Waals surface area contributed by atoms with Gasteiger partial charge in [0.25, 0.3) is 5.91 Å². The number of halogens is 1. The molecule has 0 aromatic heterocycles. The zero-order valence-electron chi connectivity index (χ0n) is 17.2. The van der Waals surface area contributed by atoms with E-state index in [1.54, 1.807) is 0 Å². The van der Waals surface area contributed by atoms with E-state index in [4.69, 9.17) is 22.1 Å². The van der Waals surface area contributed by atoms with Gasteiger partial charge in [-0.2, -0.15) is 0 Å². The summed E-state index contributed by atoms with van der Waals surface area (Å²) in [4.78, 5) is 15.2. The van der Waals surface area contributed by atoms with Crippen molar-refractivity contribution in [2.45, 2.75) is 26.5 Å². The van der Waals surface area contributed by atoms with Crippen molar-refractivity contribution in [2.75, 3.05) is 13.1 Å². The van der Waals surface area contributed by atoms with E-state index in [1.807, 2.05) is 78.6 Å². The molecule has 0 radical (unpaired) electrons. The molecule has 0 aliphatic rings. The van der Waals surface area contributed by atoms with E-state index in [2.05, 4.69) is 6.07 Å². The van der Waals surface area contributed by atoms with E-state index in [-0.39, 0.29) is 5.91 Å². The van der Waals surface area contributed by atoms with Gasteiger partial charge in [0.1, 0.15) is 12.4 Å². The Bertz CT molecular complexity index is 973. The maximum Gasteiger partial charge on any atom is 0.257 e. The van der Waals surface area contributed by atoms with E-state index in [9.17, 15) is 4.79 Å². The van der Waals surface area contributed by atoms with E-state index in [0.717, 1.165) is 17.5 Å². The lowest BCUT2D eigenvalue weighted by Crippen LogP contribution is -2.32. The van der Waals surface area contributed by atoms with Gasteiger partial charge in [-0.3, -0.25) is 4.79 Å². The van der Waals surface area contributed by atoms with Crippen LogP contribution in [0.4, 0.5) is 0 Å². The van der Waals surface area contributed by atoms with E-state index < -0.39 is 0 Å². The number of nitrogens with two attached hydrogens (primary N) is 1. The predicted molar refractivity (Wildman–Crippen MR) is 122 cm³/mol. The molecule has 156 valence electrons. The highest BCUT2D eigenvalue weighted by molar-refractivity contribution is 6.30. The number of hydrogen-bond acceptors (Lipinski definition) is 3. The summed E-state index contributed by atoms with van der Waals surface area (Å²) in [6.07, 6.45) is 0.728. The van der Waals surface area contributed by atoms with E-state index in [0.29, 0.717) is 42.6 Å². The predicted octanol–water partition coefficient (Wildman–Crippen LogP) is 5.22. The van der Waals surface area contributed by atoms with Gasteiger partial charge < -0.3 is 15.4 Å². The van der Waals surface area contributed by atoms with Gasteiger partial charge in [-0.25, -0.2) is 0 Å². The molecule has 0 atom stereocenters. The molecule has 0 fully saturated rings. The zero-order valence-corrected chi connectivity index (χ0v) is 17.9. The Balaban J connectivity index is 1.78. The van der Waals surface area contributed by atoms with Crippen molar-refractivity contribution in [2.24, 2.45) is 5.73 Å². The topological polar surface area (TPSA) is 55.6 Å². The minimum atomic E-state index is -0.0711. The second-order valence-corrected chi connectivity index (χ2v) is 7.71. The van der Waals surface area contributed by atoms with Crippen LogP contribution in [0, 0.1) is 6.92 Å². The number of carbonyl (C=O) groups excluding carboxylic acids is 1. The lowest BCUT2D eigenvalue weighted by atomic mass is 10.1. The summed E-state index contributed by atoms with van der Waals surface area (Å²) >= 11 is 5.99. The first-order valence-corrected chi connectivity index (χ1v) is 10.5. The summed E-state index contributed by atoms with van der Waals surface area (Å²) < 4.78 is 6.03. The Labute approximate surface area is 183 Å². The minimum absolute atomic E-state index is 0.0711. The van der Waals surface area contributed by atoms with Crippen LogP contribution in [-0.2, 0) is 13.2 Å². The maximum absolute atomic E-state index is 13.4. The average molecular weight is 423 g/mol. The quantitative estimate of drug-likeness (QED) is 0.514.